The van der Waals surface area contributed by atoms with E-state index in [1.165, 1.54) is 0 Å². The number of carbonyl (C=O) groups is 1. The van der Waals surface area contributed by atoms with Crippen LogP contribution >= 0.6 is 0 Å². The first-order chi connectivity index (χ1) is 8.06. The van der Waals surface area contributed by atoms with E-state index < -0.39 is 10.8 Å². The summed E-state index contributed by atoms with van der Waals surface area (Å²) in [4.78, 5) is 11.8. The topological polar surface area (TPSA) is 58.2 Å². The highest BCUT2D eigenvalue weighted by Crippen LogP contribution is 2.28. The third-order valence-corrected chi connectivity index (χ3v) is 3.58. The van der Waals surface area contributed by atoms with Gasteiger partial charge in [0.05, 0.1) is 11.4 Å². The molecule has 0 fully saturated rings. The molecule has 17 heavy (non-hydrogen) atoms. The summed E-state index contributed by atoms with van der Waals surface area (Å²) in [5, 5.41) is 6.06. The van der Waals surface area contributed by atoms with Gasteiger partial charge in [-0.2, -0.15) is 0 Å². The zero-order valence-electron chi connectivity index (χ0n) is 9.95. The van der Waals surface area contributed by atoms with Crippen molar-refractivity contribution in [1.82, 2.24) is 0 Å². The van der Waals surface area contributed by atoms with Gasteiger partial charge < -0.3 is 10.6 Å². The Labute approximate surface area is 103 Å². The van der Waals surface area contributed by atoms with Crippen LogP contribution in [0.25, 0.3) is 0 Å². The second-order valence-electron chi connectivity index (χ2n) is 4.30. The van der Waals surface area contributed by atoms with Gasteiger partial charge in [-0.1, -0.05) is 6.07 Å². The lowest BCUT2D eigenvalue weighted by molar-refractivity contribution is -0.117. The minimum atomic E-state index is -0.864. The first-order valence-electron chi connectivity index (χ1n) is 5.54. The summed E-state index contributed by atoms with van der Waals surface area (Å²) in [5.41, 5.74) is 2.87. The molecule has 1 heterocycles. The molecule has 1 aromatic carbocycles. The van der Waals surface area contributed by atoms with E-state index in [0.717, 1.165) is 16.9 Å². The van der Waals surface area contributed by atoms with Crippen LogP contribution < -0.4 is 10.6 Å². The molecule has 0 aromatic heterocycles. The molecule has 1 aromatic rings. The van der Waals surface area contributed by atoms with Crippen LogP contribution in [0.15, 0.2) is 18.2 Å². The van der Waals surface area contributed by atoms with Crippen molar-refractivity contribution in [3.05, 3.63) is 23.8 Å². The third kappa shape index (κ3) is 2.85. The number of rotatable bonds is 3. The van der Waals surface area contributed by atoms with E-state index in [4.69, 9.17) is 0 Å². The third-order valence-electron chi connectivity index (χ3n) is 2.77. The Bertz CT molecular complexity index is 474. The molecule has 1 amide bonds. The van der Waals surface area contributed by atoms with Crippen LogP contribution in [0.2, 0.25) is 0 Å². The number of anilines is 2. The SMILES string of the molecule is Cc1ccc2c(c1)NC(=O)C(CCS(C)=O)N2. The Kier molecular flexibility index (Phi) is 3.47. The molecule has 0 radical (unpaired) electrons. The average molecular weight is 252 g/mol. The van der Waals surface area contributed by atoms with Crippen LogP contribution in [0.1, 0.15) is 12.0 Å². The number of hydrogen-bond acceptors (Lipinski definition) is 3. The maximum atomic E-state index is 11.8. The van der Waals surface area contributed by atoms with Crippen molar-refractivity contribution in [2.75, 3.05) is 22.6 Å². The van der Waals surface area contributed by atoms with Crippen LogP contribution in [-0.2, 0) is 15.6 Å². The zero-order valence-corrected chi connectivity index (χ0v) is 10.8. The molecular formula is C12H16N2O2S. The number of aryl methyl sites for hydroxylation is 1. The van der Waals surface area contributed by atoms with Gasteiger partial charge in [-0.3, -0.25) is 9.00 Å². The van der Waals surface area contributed by atoms with Crippen LogP contribution in [0.3, 0.4) is 0 Å². The van der Waals surface area contributed by atoms with Crippen LogP contribution in [0, 0.1) is 6.92 Å². The van der Waals surface area contributed by atoms with Crippen molar-refractivity contribution in [2.24, 2.45) is 0 Å². The molecule has 0 saturated carbocycles. The van der Waals surface area contributed by atoms with Gasteiger partial charge in [-0.25, -0.2) is 0 Å². The molecule has 1 aliphatic heterocycles. The van der Waals surface area contributed by atoms with E-state index in [1.807, 2.05) is 25.1 Å². The Morgan fingerprint density at radius 2 is 2.12 bits per heavy atom. The summed E-state index contributed by atoms with van der Waals surface area (Å²) < 4.78 is 11.0. The fraction of sp³-hybridized carbons (Fsp3) is 0.417. The number of benzene rings is 1. The fourth-order valence-corrected chi connectivity index (χ4v) is 2.42. The molecule has 92 valence electrons. The highest BCUT2D eigenvalue weighted by Gasteiger charge is 2.25. The second-order valence-corrected chi connectivity index (χ2v) is 5.86. The van der Waals surface area contributed by atoms with Gasteiger partial charge in [0.15, 0.2) is 0 Å². The lowest BCUT2D eigenvalue weighted by Crippen LogP contribution is -2.39. The van der Waals surface area contributed by atoms with Gasteiger partial charge in [0.1, 0.15) is 6.04 Å². The molecule has 0 bridgehead atoms. The van der Waals surface area contributed by atoms with Gasteiger partial charge in [-0.05, 0) is 31.0 Å². The lowest BCUT2D eigenvalue weighted by Gasteiger charge is -2.26. The average Bonchev–Trinajstić information content (AvgIpc) is 2.26. The van der Waals surface area contributed by atoms with Gasteiger partial charge in [-0.15, -0.1) is 0 Å². The summed E-state index contributed by atoms with van der Waals surface area (Å²) in [6, 6.07) is 5.61. The van der Waals surface area contributed by atoms with E-state index >= 15 is 0 Å². The van der Waals surface area contributed by atoms with Crippen molar-refractivity contribution in [2.45, 2.75) is 19.4 Å². The van der Waals surface area contributed by atoms with Crippen molar-refractivity contribution >= 4 is 28.1 Å². The standard InChI is InChI=1S/C12H16N2O2S/c1-8-3-4-9-11(7-8)14-12(15)10(13-9)5-6-17(2)16/h3-4,7,10,13H,5-6H2,1-2H3,(H,14,15). The molecule has 2 atom stereocenters. The van der Waals surface area contributed by atoms with Gasteiger partial charge in [0.2, 0.25) is 5.91 Å². The first-order valence-corrected chi connectivity index (χ1v) is 7.27. The monoisotopic (exact) mass is 252 g/mol. The summed E-state index contributed by atoms with van der Waals surface area (Å²) in [6.45, 7) is 1.98. The Morgan fingerprint density at radius 1 is 1.35 bits per heavy atom. The van der Waals surface area contributed by atoms with E-state index in [1.54, 1.807) is 6.26 Å². The van der Waals surface area contributed by atoms with Crippen molar-refractivity contribution in [3.63, 3.8) is 0 Å². The molecule has 2 N–H and O–H groups in total. The molecule has 0 spiro atoms. The smallest absolute Gasteiger partial charge is 0.246 e. The van der Waals surface area contributed by atoms with Crippen molar-refractivity contribution in [1.29, 1.82) is 0 Å². The quantitative estimate of drug-likeness (QED) is 0.857. The fourth-order valence-electron chi connectivity index (χ4n) is 1.85. The number of nitrogens with one attached hydrogen (secondary N) is 2. The Balaban J connectivity index is 2.13. The number of carbonyl (C=O) groups excluding carboxylic acids is 1. The molecule has 1 aliphatic rings. The van der Waals surface area contributed by atoms with Crippen LogP contribution in [0.5, 0.6) is 0 Å². The minimum absolute atomic E-state index is 0.0476. The minimum Gasteiger partial charge on any atom is -0.372 e. The number of hydrogen-bond donors (Lipinski definition) is 2. The summed E-state index contributed by atoms with van der Waals surface area (Å²) in [5.74, 6) is 0.486. The molecule has 2 rings (SSSR count). The molecule has 0 saturated heterocycles. The second kappa shape index (κ2) is 4.87. The van der Waals surface area contributed by atoms with E-state index in [0.29, 0.717) is 12.2 Å². The lowest BCUT2D eigenvalue weighted by atomic mass is 10.1. The highest BCUT2D eigenvalue weighted by atomic mass is 32.2. The van der Waals surface area contributed by atoms with Gasteiger partial charge in [0, 0.05) is 22.8 Å². The van der Waals surface area contributed by atoms with E-state index in [9.17, 15) is 9.00 Å². The van der Waals surface area contributed by atoms with Crippen molar-refractivity contribution in [3.8, 4) is 0 Å². The molecule has 4 nitrogen and oxygen atoms in total. The van der Waals surface area contributed by atoms with Crippen LogP contribution in [-0.4, -0.2) is 28.2 Å². The van der Waals surface area contributed by atoms with E-state index in [-0.39, 0.29) is 11.9 Å². The van der Waals surface area contributed by atoms with E-state index in [2.05, 4.69) is 10.6 Å². The summed E-state index contributed by atoms with van der Waals surface area (Å²) >= 11 is 0. The largest absolute Gasteiger partial charge is 0.372 e. The predicted molar refractivity (Wildman–Crippen MR) is 70.8 cm³/mol. The Morgan fingerprint density at radius 3 is 2.82 bits per heavy atom. The zero-order chi connectivity index (χ0) is 12.4. The molecule has 5 heteroatoms. The highest BCUT2D eigenvalue weighted by molar-refractivity contribution is 7.84. The normalized spacial score (nSPS) is 20.1. The summed E-state index contributed by atoms with van der Waals surface area (Å²) in [7, 11) is -0.864. The maximum Gasteiger partial charge on any atom is 0.246 e. The number of amides is 1. The molecule has 2 unspecified atom stereocenters. The number of fused-ring (bicyclic) bond motifs is 1. The van der Waals surface area contributed by atoms with Crippen LogP contribution in [0.4, 0.5) is 11.4 Å². The maximum absolute atomic E-state index is 11.8. The van der Waals surface area contributed by atoms with Gasteiger partial charge in [0.25, 0.3) is 0 Å². The van der Waals surface area contributed by atoms with Gasteiger partial charge >= 0.3 is 0 Å². The summed E-state index contributed by atoms with van der Waals surface area (Å²) in [6.07, 6.45) is 2.24. The molecule has 0 aliphatic carbocycles. The first kappa shape index (κ1) is 12.1. The molecular weight excluding hydrogens is 236 g/mol. The Hall–Kier alpha value is -1.36. The van der Waals surface area contributed by atoms with Crippen molar-refractivity contribution < 1.29 is 9.00 Å². The predicted octanol–water partition coefficient (Wildman–Crippen LogP) is 1.50.